The predicted molar refractivity (Wildman–Crippen MR) is 82.0 cm³/mol. The van der Waals surface area contributed by atoms with E-state index >= 15 is 0 Å². The molecule has 0 spiro atoms. The number of ether oxygens (including phenoxy) is 1. The topological polar surface area (TPSA) is 59.1 Å². The molecule has 0 unspecified atom stereocenters. The van der Waals surface area contributed by atoms with Gasteiger partial charge < -0.3 is 15.4 Å². The van der Waals surface area contributed by atoms with E-state index in [9.17, 15) is 0 Å². The monoisotopic (exact) mass is 278 g/mol. The number of nitrogens with zero attached hydrogens (tertiary/aromatic N) is 2. The number of hydrogen-bond donors (Lipinski definition) is 2. The van der Waals surface area contributed by atoms with Gasteiger partial charge in [0.1, 0.15) is 18.2 Å². The summed E-state index contributed by atoms with van der Waals surface area (Å²) in [7, 11) is 1.87. The van der Waals surface area contributed by atoms with Crippen LogP contribution < -0.4 is 10.6 Å². The van der Waals surface area contributed by atoms with Gasteiger partial charge in [0.05, 0.1) is 0 Å². The van der Waals surface area contributed by atoms with E-state index in [4.69, 9.17) is 4.74 Å². The Hall–Kier alpha value is -1.36. The van der Waals surface area contributed by atoms with Gasteiger partial charge in [-0.25, -0.2) is 9.97 Å². The molecule has 5 nitrogen and oxygen atoms in total. The summed E-state index contributed by atoms with van der Waals surface area (Å²) in [4.78, 5) is 8.88. The van der Waals surface area contributed by atoms with E-state index in [1.54, 1.807) is 0 Å². The maximum Gasteiger partial charge on any atom is 0.158 e. The summed E-state index contributed by atoms with van der Waals surface area (Å²) >= 11 is 0. The molecule has 1 aliphatic rings. The van der Waals surface area contributed by atoms with Crippen molar-refractivity contribution in [2.24, 2.45) is 5.92 Å². The Balaban J connectivity index is 1.87. The quantitative estimate of drug-likeness (QED) is 0.765. The Bertz CT molecular complexity index is 405. The van der Waals surface area contributed by atoms with Crippen LogP contribution in [0.2, 0.25) is 0 Å². The summed E-state index contributed by atoms with van der Waals surface area (Å²) in [6.07, 6.45) is 6.83. The minimum atomic E-state index is 0.462. The number of anilines is 2. The van der Waals surface area contributed by atoms with Gasteiger partial charge in [-0.3, -0.25) is 0 Å². The molecule has 0 bridgehead atoms. The molecule has 0 radical (unpaired) electrons. The van der Waals surface area contributed by atoms with E-state index in [-0.39, 0.29) is 0 Å². The first-order valence-corrected chi connectivity index (χ1v) is 7.69. The van der Waals surface area contributed by atoms with Gasteiger partial charge in [-0.1, -0.05) is 25.7 Å². The van der Waals surface area contributed by atoms with Crippen molar-refractivity contribution in [1.29, 1.82) is 0 Å². The lowest BCUT2D eigenvalue weighted by Crippen LogP contribution is -2.10. The minimum Gasteiger partial charge on any atom is -0.374 e. The second kappa shape index (κ2) is 8.04. The van der Waals surface area contributed by atoms with Crippen molar-refractivity contribution < 1.29 is 4.74 Å². The SMILES string of the molecule is CCOCc1nc(NC)cc(NCCC2CCCC2)n1. The zero-order valence-electron chi connectivity index (χ0n) is 12.6. The Morgan fingerprint density at radius 1 is 1.25 bits per heavy atom. The van der Waals surface area contributed by atoms with E-state index in [0.717, 1.165) is 29.9 Å². The molecular formula is C15H26N4O. The first kappa shape index (κ1) is 15.0. The molecule has 0 amide bonds. The lowest BCUT2D eigenvalue weighted by Gasteiger charge is -2.12. The van der Waals surface area contributed by atoms with Crippen molar-refractivity contribution in [2.45, 2.75) is 45.6 Å². The third-order valence-corrected chi connectivity index (χ3v) is 3.80. The zero-order chi connectivity index (χ0) is 14.2. The highest BCUT2D eigenvalue weighted by molar-refractivity contribution is 5.47. The third kappa shape index (κ3) is 4.63. The molecule has 0 atom stereocenters. The van der Waals surface area contributed by atoms with Gasteiger partial charge >= 0.3 is 0 Å². The van der Waals surface area contributed by atoms with Gasteiger partial charge in [-0.15, -0.1) is 0 Å². The number of rotatable bonds is 8. The van der Waals surface area contributed by atoms with E-state index in [1.807, 2.05) is 20.0 Å². The van der Waals surface area contributed by atoms with Gasteiger partial charge in [0.25, 0.3) is 0 Å². The van der Waals surface area contributed by atoms with E-state index < -0.39 is 0 Å². The van der Waals surface area contributed by atoms with Crippen LogP contribution in [0.25, 0.3) is 0 Å². The van der Waals surface area contributed by atoms with Crippen LogP contribution in [0.1, 0.15) is 44.9 Å². The molecule has 2 rings (SSSR count). The number of hydrogen-bond acceptors (Lipinski definition) is 5. The molecule has 1 aromatic rings. The van der Waals surface area contributed by atoms with E-state index in [1.165, 1.54) is 32.1 Å². The second-order valence-corrected chi connectivity index (χ2v) is 5.31. The predicted octanol–water partition coefficient (Wildman–Crippen LogP) is 3.05. The lowest BCUT2D eigenvalue weighted by molar-refractivity contribution is 0.128. The fourth-order valence-electron chi connectivity index (χ4n) is 2.68. The molecule has 1 aromatic heterocycles. The van der Waals surface area contributed by atoms with Crippen LogP contribution in [0.15, 0.2) is 6.07 Å². The summed E-state index contributed by atoms with van der Waals surface area (Å²) in [5.74, 6) is 3.34. The van der Waals surface area contributed by atoms with Crippen LogP contribution in [0.3, 0.4) is 0 Å². The average Bonchev–Trinajstić information content (AvgIpc) is 2.98. The van der Waals surface area contributed by atoms with E-state index in [0.29, 0.717) is 13.2 Å². The molecule has 1 saturated carbocycles. The molecule has 0 aromatic carbocycles. The minimum absolute atomic E-state index is 0.462. The second-order valence-electron chi connectivity index (χ2n) is 5.31. The van der Waals surface area contributed by atoms with Crippen molar-refractivity contribution in [3.8, 4) is 0 Å². The van der Waals surface area contributed by atoms with Crippen LogP contribution in [-0.4, -0.2) is 30.2 Å². The fraction of sp³-hybridized carbons (Fsp3) is 0.733. The highest BCUT2D eigenvalue weighted by atomic mass is 16.5. The van der Waals surface area contributed by atoms with Crippen molar-refractivity contribution >= 4 is 11.6 Å². The molecule has 0 aliphatic heterocycles. The largest absolute Gasteiger partial charge is 0.374 e. The molecule has 1 aliphatic carbocycles. The maximum absolute atomic E-state index is 5.38. The maximum atomic E-state index is 5.38. The first-order chi connectivity index (χ1) is 9.81. The summed E-state index contributed by atoms with van der Waals surface area (Å²) < 4.78 is 5.38. The van der Waals surface area contributed by atoms with Crippen LogP contribution in [0.4, 0.5) is 11.6 Å². The lowest BCUT2D eigenvalue weighted by atomic mass is 10.0. The first-order valence-electron chi connectivity index (χ1n) is 7.69. The van der Waals surface area contributed by atoms with E-state index in [2.05, 4.69) is 20.6 Å². The average molecular weight is 278 g/mol. The number of nitrogens with one attached hydrogen (secondary N) is 2. The summed E-state index contributed by atoms with van der Waals surface area (Å²) in [6.45, 7) is 4.10. The van der Waals surface area contributed by atoms with Crippen LogP contribution in [-0.2, 0) is 11.3 Å². The Labute approximate surface area is 121 Å². The highest BCUT2D eigenvalue weighted by Gasteiger charge is 2.14. The Kier molecular flexibility index (Phi) is 6.05. The standard InChI is InChI=1S/C15H26N4O/c1-3-20-11-15-18-13(16-2)10-14(19-15)17-9-8-12-6-4-5-7-12/h10,12H,3-9,11H2,1-2H3,(H2,16,17,18,19). The molecular weight excluding hydrogens is 252 g/mol. The summed E-state index contributed by atoms with van der Waals surface area (Å²) in [6, 6.07) is 1.95. The van der Waals surface area contributed by atoms with Gasteiger partial charge in [0, 0.05) is 26.3 Å². The summed E-state index contributed by atoms with van der Waals surface area (Å²) in [5.41, 5.74) is 0. The normalized spacial score (nSPS) is 15.5. The van der Waals surface area contributed by atoms with Crippen molar-refractivity contribution in [3.05, 3.63) is 11.9 Å². The molecule has 1 heterocycles. The van der Waals surface area contributed by atoms with Crippen LogP contribution in [0.5, 0.6) is 0 Å². The molecule has 112 valence electrons. The highest BCUT2D eigenvalue weighted by Crippen LogP contribution is 2.27. The van der Waals surface area contributed by atoms with Crippen molar-refractivity contribution in [3.63, 3.8) is 0 Å². The molecule has 20 heavy (non-hydrogen) atoms. The molecule has 0 saturated heterocycles. The molecule has 5 heteroatoms. The third-order valence-electron chi connectivity index (χ3n) is 3.80. The molecule has 2 N–H and O–H groups in total. The van der Waals surface area contributed by atoms with Crippen LogP contribution >= 0.6 is 0 Å². The fourth-order valence-corrected chi connectivity index (χ4v) is 2.68. The molecule has 1 fully saturated rings. The summed E-state index contributed by atoms with van der Waals surface area (Å²) in [5, 5.41) is 6.49. The Morgan fingerprint density at radius 2 is 2.00 bits per heavy atom. The van der Waals surface area contributed by atoms with Gasteiger partial charge in [-0.05, 0) is 19.3 Å². The van der Waals surface area contributed by atoms with Crippen LogP contribution in [0, 0.1) is 5.92 Å². The Morgan fingerprint density at radius 3 is 2.70 bits per heavy atom. The number of aromatic nitrogens is 2. The smallest absolute Gasteiger partial charge is 0.158 e. The van der Waals surface area contributed by atoms with Gasteiger partial charge in [0.2, 0.25) is 0 Å². The van der Waals surface area contributed by atoms with Gasteiger partial charge in [0.15, 0.2) is 5.82 Å². The zero-order valence-corrected chi connectivity index (χ0v) is 12.6. The van der Waals surface area contributed by atoms with Crippen molar-refractivity contribution in [2.75, 3.05) is 30.8 Å². The van der Waals surface area contributed by atoms with Gasteiger partial charge in [-0.2, -0.15) is 0 Å². The van der Waals surface area contributed by atoms with Crippen molar-refractivity contribution in [1.82, 2.24) is 9.97 Å².